The summed E-state index contributed by atoms with van der Waals surface area (Å²) in [4.78, 5) is 10.8. The van der Waals surface area contributed by atoms with Crippen molar-refractivity contribution in [2.24, 2.45) is 5.73 Å². The summed E-state index contributed by atoms with van der Waals surface area (Å²) in [5, 5.41) is 11.6. The van der Waals surface area contributed by atoms with E-state index in [9.17, 15) is 9.18 Å². The normalized spacial score (nSPS) is 10.7. The van der Waals surface area contributed by atoms with Crippen molar-refractivity contribution in [1.82, 2.24) is 0 Å². The van der Waals surface area contributed by atoms with Gasteiger partial charge in [-0.25, -0.2) is 4.39 Å². The number of primary amides is 1. The number of hydrogen-bond donors (Lipinski definition) is 2. The lowest BCUT2D eigenvalue weighted by Crippen LogP contribution is -2.36. The summed E-state index contributed by atoms with van der Waals surface area (Å²) in [7, 11) is 0. The number of hydrogen-bond acceptors (Lipinski definition) is 3. The van der Waals surface area contributed by atoms with E-state index in [1.165, 1.54) is 12.1 Å². The third kappa shape index (κ3) is 3.76. The van der Waals surface area contributed by atoms with Gasteiger partial charge in [0.25, 0.3) is 0 Å². The number of carbonyl (C=O) groups excluding carboxylic acids is 1. The first kappa shape index (κ1) is 13.0. The molecule has 0 aliphatic carbocycles. The molecule has 0 unspecified atom stereocenters. The summed E-state index contributed by atoms with van der Waals surface area (Å²) in [6.45, 7) is 3.57. The Morgan fingerprint density at radius 2 is 2.24 bits per heavy atom. The summed E-state index contributed by atoms with van der Waals surface area (Å²) in [5.74, 6) is -1.02. The van der Waals surface area contributed by atoms with Crippen LogP contribution in [-0.2, 0) is 4.79 Å². The lowest BCUT2D eigenvalue weighted by Gasteiger charge is -2.26. The molecule has 0 heterocycles. The molecule has 0 bridgehead atoms. The van der Waals surface area contributed by atoms with Crippen molar-refractivity contribution in [2.45, 2.75) is 25.8 Å². The highest BCUT2D eigenvalue weighted by molar-refractivity contribution is 5.75. The Bertz CT molecular complexity index is 477. The van der Waals surface area contributed by atoms with Gasteiger partial charge in [-0.05, 0) is 32.0 Å². The van der Waals surface area contributed by atoms with E-state index in [0.717, 1.165) is 0 Å². The molecular weight excluding hydrogens is 221 g/mol. The molecule has 0 fully saturated rings. The molecule has 0 saturated carbocycles. The Kier molecular flexibility index (Phi) is 3.69. The predicted octanol–water partition coefficient (Wildman–Crippen LogP) is 1.76. The van der Waals surface area contributed by atoms with Crippen molar-refractivity contribution >= 4 is 11.6 Å². The van der Waals surface area contributed by atoms with E-state index in [1.807, 2.05) is 0 Å². The predicted molar refractivity (Wildman–Crippen MR) is 62.6 cm³/mol. The Balaban J connectivity index is 2.86. The molecule has 0 saturated heterocycles. The lowest BCUT2D eigenvalue weighted by molar-refractivity contribution is -0.118. The molecule has 3 N–H and O–H groups in total. The van der Waals surface area contributed by atoms with Crippen LogP contribution in [0.2, 0.25) is 0 Å². The number of nitriles is 1. The van der Waals surface area contributed by atoms with Crippen LogP contribution in [0, 0.1) is 17.1 Å². The van der Waals surface area contributed by atoms with Crippen molar-refractivity contribution in [3.05, 3.63) is 29.6 Å². The molecule has 90 valence electrons. The van der Waals surface area contributed by atoms with E-state index in [0.29, 0.717) is 5.69 Å². The zero-order valence-electron chi connectivity index (χ0n) is 9.75. The standard InChI is InChI=1S/C12H14FN3O/c1-12(2,6-11(15)17)16-9-4-3-8(7-14)10(13)5-9/h3-5,16H,6H2,1-2H3,(H2,15,17). The van der Waals surface area contributed by atoms with Gasteiger partial charge < -0.3 is 11.1 Å². The Morgan fingerprint density at radius 3 is 2.71 bits per heavy atom. The number of amides is 1. The number of nitrogens with one attached hydrogen (secondary N) is 1. The van der Waals surface area contributed by atoms with Gasteiger partial charge in [0.05, 0.1) is 5.56 Å². The van der Waals surface area contributed by atoms with Crippen LogP contribution >= 0.6 is 0 Å². The molecule has 0 atom stereocenters. The second kappa shape index (κ2) is 4.83. The number of nitrogens with zero attached hydrogens (tertiary/aromatic N) is 1. The zero-order valence-corrected chi connectivity index (χ0v) is 9.75. The molecule has 0 aliphatic heterocycles. The highest BCUT2D eigenvalue weighted by atomic mass is 19.1. The number of benzene rings is 1. The van der Waals surface area contributed by atoms with Crippen LogP contribution in [0.25, 0.3) is 0 Å². The number of carbonyl (C=O) groups is 1. The first-order chi connectivity index (χ1) is 7.84. The average Bonchev–Trinajstić information content (AvgIpc) is 2.14. The minimum atomic E-state index is -0.590. The Morgan fingerprint density at radius 1 is 1.59 bits per heavy atom. The molecule has 1 rings (SSSR count). The van der Waals surface area contributed by atoms with E-state index in [1.54, 1.807) is 26.0 Å². The maximum absolute atomic E-state index is 13.3. The maximum atomic E-state index is 13.3. The molecule has 17 heavy (non-hydrogen) atoms. The molecule has 5 heteroatoms. The molecule has 1 amide bonds. The van der Waals surface area contributed by atoms with Crippen LogP contribution in [0.3, 0.4) is 0 Å². The molecule has 1 aromatic rings. The van der Waals surface area contributed by atoms with Crippen molar-refractivity contribution in [3.8, 4) is 6.07 Å². The average molecular weight is 235 g/mol. The summed E-state index contributed by atoms with van der Waals surface area (Å²) >= 11 is 0. The maximum Gasteiger partial charge on any atom is 0.219 e. The van der Waals surface area contributed by atoms with E-state index in [2.05, 4.69) is 5.32 Å². The molecule has 0 aliphatic rings. The van der Waals surface area contributed by atoms with Gasteiger partial charge in [-0.15, -0.1) is 0 Å². The molecule has 0 radical (unpaired) electrons. The summed E-state index contributed by atoms with van der Waals surface area (Å²) in [6.07, 6.45) is 0.134. The van der Waals surface area contributed by atoms with Gasteiger partial charge in [-0.3, -0.25) is 4.79 Å². The van der Waals surface area contributed by atoms with Gasteiger partial charge in [0, 0.05) is 17.6 Å². The first-order valence-electron chi connectivity index (χ1n) is 5.10. The molecule has 0 aromatic heterocycles. The smallest absolute Gasteiger partial charge is 0.219 e. The topological polar surface area (TPSA) is 78.9 Å². The van der Waals surface area contributed by atoms with Crippen molar-refractivity contribution in [1.29, 1.82) is 5.26 Å². The molecule has 4 nitrogen and oxygen atoms in total. The second-order valence-electron chi connectivity index (χ2n) is 4.46. The number of nitrogens with two attached hydrogens (primary N) is 1. The SMILES string of the molecule is CC(C)(CC(N)=O)Nc1ccc(C#N)c(F)c1. The van der Waals surface area contributed by atoms with Crippen LogP contribution in [0.15, 0.2) is 18.2 Å². The minimum absolute atomic E-state index is 0.0109. The van der Waals surface area contributed by atoms with E-state index in [-0.39, 0.29) is 12.0 Å². The summed E-state index contributed by atoms with van der Waals surface area (Å²) in [5.41, 5.74) is 5.04. The fraction of sp³-hybridized carbons (Fsp3) is 0.333. The van der Waals surface area contributed by atoms with E-state index < -0.39 is 17.3 Å². The van der Waals surface area contributed by atoms with Crippen LogP contribution in [0.5, 0.6) is 0 Å². The number of anilines is 1. The number of rotatable bonds is 4. The third-order valence-electron chi connectivity index (χ3n) is 2.19. The van der Waals surface area contributed by atoms with Gasteiger partial charge in [0.2, 0.25) is 5.91 Å². The highest BCUT2D eigenvalue weighted by Gasteiger charge is 2.20. The van der Waals surface area contributed by atoms with Crippen molar-refractivity contribution < 1.29 is 9.18 Å². The zero-order chi connectivity index (χ0) is 13.1. The first-order valence-corrected chi connectivity index (χ1v) is 5.10. The fourth-order valence-electron chi connectivity index (χ4n) is 1.55. The van der Waals surface area contributed by atoms with E-state index in [4.69, 9.17) is 11.0 Å². The summed E-state index contributed by atoms with van der Waals surface area (Å²) < 4.78 is 13.3. The van der Waals surface area contributed by atoms with Gasteiger partial charge in [0.15, 0.2) is 0 Å². The largest absolute Gasteiger partial charge is 0.380 e. The van der Waals surface area contributed by atoms with Crippen LogP contribution < -0.4 is 11.1 Å². The van der Waals surface area contributed by atoms with Crippen LogP contribution in [0.1, 0.15) is 25.8 Å². The van der Waals surface area contributed by atoms with Gasteiger partial charge in [0.1, 0.15) is 11.9 Å². The highest BCUT2D eigenvalue weighted by Crippen LogP contribution is 2.20. The van der Waals surface area contributed by atoms with Gasteiger partial charge in [-0.1, -0.05) is 0 Å². The number of halogens is 1. The van der Waals surface area contributed by atoms with Gasteiger partial charge >= 0.3 is 0 Å². The molecular formula is C12H14FN3O. The Labute approximate surface area is 99.2 Å². The van der Waals surface area contributed by atoms with Gasteiger partial charge in [-0.2, -0.15) is 5.26 Å². The third-order valence-corrected chi connectivity index (χ3v) is 2.19. The second-order valence-corrected chi connectivity index (χ2v) is 4.46. The van der Waals surface area contributed by atoms with Crippen molar-refractivity contribution in [2.75, 3.05) is 5.32 Å². The monoisotopic (exact) mass is 235 g/mol. The molecule has 0 spiro atoms. The summed E-state index contributed by atoms with van der Waals surface area (Å²) in [6, 6.07) is 5.94. The fourth-order valence-corrected chi connectivity index (χ4v) is 1.55. The van der Waals surface area contributed by atoms with E-state index >= 15 is 0 Å². The lowest BCUT2D eigenvalue weighted by atomic mass is 9.99. The van der Waals surface area contributed by atoms with Crippen molar-refractivity contribution in [3.63, 3.8) is 0 Å². The van der Waals surface area contributed by atoms with Crippen LogP contribution in [0.4, 0.5) is 10.1 Å². The molecule has 1 aromatic carbocycles. The quantitative estimate of drug-likeness (QED) is 0.834. The Hall–Kier alpha value is -2.09. The van der Waals surface area contributed by atoms with Crippen LogP contribution in [-0.4, -0.2) is 11.4 Å². The minimum Gasteiger partial charge on any atom is -0.380 e.